The summed E-state index contributed by atoms with van der Waals surface area (Å²) in [6, 6.07) is 18.9. The maximum Gasteiger partial charge on any atom is 0.123 e. The van der Waals surface area contributed by atoms with E-state index < -0.39 is 0 Å². The summed E-state index contributed by atoms with van der Waals surface area (Å²) in [5, 5.41) is 0. The predicted octanol–water partition coefficient (Wildman–Crippen LogP) is 4.51. The van der Waals surface area contributed by atoms with E-state index in [-0.39, 0.29) is 6.04 Å². The summed E-state index contributed by atoms with van der Waals surface area (Å²) < 4.78 is 19.0. The predicted molar refractivity (Wildman–Crippen MR) is 114 cm³/mol. The van der Waals surface area contributed by atoms with Crippen LogP contribution in [-0.2, 0) is 13.1 Å². The fourth-order valence-electron chi connectivity index (χ4n) is 4.23. The molecule has 1 aliphatic heterocycles. The van der Waals surface area contributed by atoms with Crippen molar-refractivity contribution in [2.45, 2.75) is 25.6 Å². The summed E-state index contributed by atoms with van der Waals surface area (Å²) in [5.74, 6) is 2.61. The van der Waals surface area contributed by atoms with E-state index in [1.54, 1.807) is 21.3 Å². The number of hydrogen-bond acceptors (Lipinski definition) is 4. The van der Waals surface area contributed by atoms with Crippen LogP contribution in [0, 0.1) is 0 Å². The Morgan fingerprint density at radius 2 is 1.69 bits per heavy atom. The van der Waals surface area contributed by atoms with Crippen LogP contribution >= 0.6 is 0 Å². The topological polar surface area (TPSA) is 35.9 Å². The van der Waals surface area contributed by atoms with Crippen LogP contribution in [0.1, 0.15) is 29.3 Å². The van der Waals surface area contributed by atoms with Crippen molar-refractivity contribution in [1.29, 1.82) is 0 Å². The molecule has 3 aromatic rings. The molecule has 0 unspecified atom stereocenters. The minimum absolute atomic E-state index is 0.138. The van der Waals surface area contributed by atoms with E-state index in [4.69, 9.17) is 14.2 Å². The van der Waals surface area contributed by atoms with Crippen molar-refractivity contribution in [3.8, 4) is 17.2 Å². The van der Waals surface area contributed by atoms with Gasteiger partial charge in [-0.05, 0) is 54.4 Å². The Kier molecular flexibility index (Phi) is 5.76. The first kappa shape index (κ1) is 19.4. The first-order valence-electron chi connectivity index (χ1n) is 9.97. The van der Waals surface area contributed by atoms with Crippen LogP contribution in [0.2, 0.25) is 0 Å². The monoisotopic (exact) mass is 392 g/mol. The van der Waals surface area contributed by atoms with Gasteiger partial charge in [-0.15, -0.1) is 0 Å². The third-order valence-electron chi connectivity index (χ3n) is 5.62. The van der Waals surface area contributed by atoms with Crippen molar-refractivity contribution in [3.63, 3.8) is 0 Å². The van der Waals surface area contributed by atoms with Crippen LogP contribution in [0.25, 0.3) is 0 Å². The third-order valence-corrected chi connectivity index (χ3v) is 5.62. The van der Waals surface area contributed by atoms with Crippen LogP contribution in [0.5, 0.6) is 17.2 Å². The van der Waals surface area contributed by atoms with Gasteiger partial charge in [-0.3, -0.25) is 4.90 Å². The zero-order valence-electron chi connectivity index (χ0n) is 17.3. The quantitative estimate of drug-likeness (QED) is 0.618. The van der Waals surface area contributed by atoms with Gasteiger partial charge in [0.05, 0.1) is 27.4 Å². The van der Waals surface area contributed by atoms with Gasteiger partial charge >= 0.3 is 0 Å². The van der Waals surface area contributed by atoms with E-state index in [1.165, 1.54) is 11.3 Å². The molecule has 1 aliphatic rings. The van der Waals surface area contributed by atoms with Crippen molar-refractivity contribution in [2.24, 2.45) is 0 Å². The Morgan fingerprint density at radius 3 is 2.48 bits per heavy atom. The fourth-order valence-corrected chi connectivity index (χ4v) is 4.23. The highest BCUT2D eigenvalue weighted by molar-refractivity contribution is 5.41. The molecule has 0 bridgehead atoms. The maximum absolute atomic E-state index is 5.64. The van der Waals surface area contributed by atoms with Gasteiger partial charge in [-0.1, -0.05) is 12.1 Å². The third kappa shape index (κ3) is 3.96. The second kappa shape index (κ2) is 8.62. The summed E-state index contributed by atoms with van der Waals surface area (Å²) in [4.78, 5) is 2.52. The largest absolute Gasteiger partial charge is 0.497 e. The Bertz CT molecular complexity index is 966. The van der Waals surface area contributed by atoms with Crippen LogP contribution in [-0.4, -0.2) is 37.3 Å². The molecule has 29 heavy (non-hydrogen) atoms. The van der Waals surface area contributed by atoms with E-state index in [0.29, 0.717) is 0 Å². The molecule has 0 aliphatic carbocycles. The van der Waals surface area contributed by atoms with Crippen LogP contribution in [0.15, 0.2) is 60.8 Å². The zero-order valence-corrected chi connectivity index (χ0v) is 17.3. The molecule has 0 fully saturated rings. The van der Waals surface area contributed by atoms with Crippen molar-refractivity contribution in [1.82, 2.24) is 9.47 Å². The van der Waals surface area contributed by atoms with Gasteiger partial charge in [-0.2, -0.15) is 0 Å². The van der Waals surface area contributed by atoms with Crippen molar-refractivity contribution >= 4 is 0 Å². The van der Waals surface area contributed by atoms with E-state index in [1.807, 2.05) is 18.2 Å². The Morgan fingerprint density at radius 1 is 0.862 bits per heavy atom. The summed E-state index contributed by atoms with van der Waals surface area (Å²) >= 11 is 0. The fraction of sp³-hybridized carbons (Fsp3) is 0.333. The normalized spacial score (nSPS) is 16.7. The highest BCUT2D eigenvalue weighted by atomic mass is 16.5. The Hall–Kier alpha value is -2.92. The summed E-state index contributed by atoms with van der Waals surface area (Å²) in [6.07, 6.45) is 3.27. The minimum Gasteiger partial charge on any atom is -0.497 e. The second-order valence-corrected chi connectivity index (χ2v) is 7.31. The number of aryl methyl sites for hydroxylation is 1. The highest BCUT2D eigenvalue weighted by Gasteiger charge is 2.28. The lowest BCUT2D eigenvalue weighted by Crippen LogP contribution is -2.29. The molecule has 0 saturated carbocycles. The highest BCUT2D eigenvalue weighted by Crippen LogP contribution is 2.36. The van der Waals surface area contributed by atoms with Crippen molar-refractivity contribution in [3.05, 3.63) is 77.6 Å². The van der Waals surface area contributed by atoms with E-state index >= 15 is 0 Å². The van der Waals surface area contributed by atoms with E-state index in [2.05, 4.69) is 52.1 Å². The number of aromatic nitrogens is 1. The molecule has 152 valence electrons. The lowest BCUT2D eigenvalue weighted by Gasteiger charge is -2.31. The lowest BCUT2D eigenvalue weighted by molar-refractivity contribution is 0.216. The molecule has 0 radical (unpaired) electrons. The molecule has 0 saturated heterocycles. The van der Waals surface area contributed by atoms with Gasteiger partial charge in [0.2, 0.25) is 0 Å². The first-order chi connectivity index (χ1) is 14.2. The number of nitrogens with zero attached hydrogens (tertiary/aromatic N) is 2. The number of methoxy groups -OCH3 is 3. The molecule has 2 aromatic carbocycles. The molecule has 1 aromatic heterocycles. The molecule has 1 atom stereocenters. The van der Waals surface area contributed by atoms with Gasteiger partial charge < -0.3 is 18.8 Å². The average molecular weight is 392 g/mol. The number of benzene rings is 2. The van der Waals surface area contributed by atoms with Gasteiger partial charge in [0.1, 0.15) is 17.2 Å². The number of rotatable bonds is 6. The molecule has 0 amide bonds. The molecular formula is C24H28N2O3. The maximum atomic E-state index is 5.64. The molecular weight excluding hydrogens is 364 g/mol. The second-order valence-electron chi connectivity index (χ2n) is 7.31. The molecule has 5 nitrogen and oxygen atoms in total. The smallest absolute Gasteiger partial charge is 0.123 e. The van der Waals surface area contributed by atoms with Crippen LogP contribution in [0.4, 0.5) is 0 Å². The first-order valence-corrected chi connectivity index (χ1v) is 9.97. The summed E-state index contributed by atoms with van der Waals surface area (Å²) in [7, 11) is 5.13. The van der Waals surface area contributed by atoms with Crippen molar-refractivity contribution in [2.75, 3.05) is 27.9 Å². The van der Waals surface area contributed by atoms with Crippen molar-refractivity contribution < 1.29 is 14.2 Å². The standard InChI is InChI=1S/C24H28N2O3/c1-27-20-8-4-7-18(15-20)24-22-9-5-12-25(22)13-6-14-26(24)17-19-16-21(28-2)10-11-23(19)29-3/h4-5,7-12,15-16,24H,6,13-14,17H2,1-3H3/t24-/m0/s1. The SMILES string of the molecule is COc1cccc([C@H]2c3cccn3CCCN2Cc2cc(OC)ccc2OC)c1. The van der Waals surface area contributed by atoms with E-state index in [0.717, 1.165) is 48.9 Å². The van der Waals surface area contributed by atoms with Gasteiger partial charge in [0.25, 0.3) is 0 Å². The number of fused-ring (bicyclic) bond motifs is 1. The molecule has 0 N–H and O–H groups in total. The lowest BCUT2D eigenvalue weighted by atomic mass is 10.0. The zero-order chi connectivity index (χ0) is 20.2. The van der Waals surface area contributed by atoms with Gasteiger partial charge in [0.15, 0.2) is 0 Å². The summed E-state index contributed by atoms with van der Waals surface area (Å²) in [5.41, 5.74) is 3.66. The number of hydrogen-bond donors (Lipinski definition) is 0. The minimum atomic E-state index is 0.138. The number of ether oxygens (including phenoxy) is 3. The molecule has 2 heterocycles. The molecule has 0 spiro atoms. The average Bonchev–Trinajstić information content (AvgIpc) is 3.15. The molecule has 4 rings (SSSR count). The van der Waals surface area contributed by atoms with Crippen LogP contribution < -0.4 is 14.2 Å². The Balaban J connectivity index is 1.76. The molecule has 5 heteroatoms. The van der Waals surface area contributed by atoms with E-state index in [9.17, 15) is 0 Å². The Labute approximate surface area is 172 Å². The summed E-state index contributed by atoms with van der Waals surface area (Å²) in [6.45, 7) is 2.78. The van der Waals surface area contributed by atoms with Crippen LogP contribution in [0.3, 0.4) is 0 Å². The van der Waals surface area contributed by atoms with Gasteiger partial charge in [0, 0.05) is 37.1 Å². The van der Waals surface area contributed by atoms with Gasteiger partial charge in [-0.25, -0.2) is 0 Å².